The van der Waals surface area contributed by atoms with Gasteiger partial charge in [-0.05, 0) is 44.6 Å². The molecular weight excluding hydrogens is 270 g/mol. The highest BCUT2D eigenvalue weighted by atomic mass is 35.5. The average Bonchev–Trinajstić information content (AvgIpc) is 3.03. The Labute approximate surface area is 127 Å². The number of hydrogen-bond acceptors (Lipinski definition) is 2. The van der Waals surface area contributed by atoms with E-state index in [1.165, 1.54) is 44.2 Å². The number of hydrogen-bond donors (Lipinski definition) is 1. The Morgan fingerprint density at radius 2 is 2.00 bits per heavy atom. The summed E-state index contributed by atoms with van der Waals surface area (Å²) in [5, 5.41) is 9.07. The molecule has 0 aromatic carbocycles. The summed E-state index contributed by atoms with van der Waals surface area (Å²) in [7, 11) is 2.02. The molecular formula is C16H26ClN3. The van der Waals surface area contributed by atoms with Crippen LogP contribution in [0.4, 0.5) is 0 Å². The summed E-state index contributed by atoms with van der Waals surface area (Å²) in [6.07, 6.45) is 9.40. The van der Waals surface area contributed by atoms with Crippen LogP contribution in [-0.2, 0) is 13.5 Å². The summed E-state index contributed by atoms with van der Waals surface area (Å²) < 4.78 is 1.98. The molecule has 2 aliphatic rings. The molecule has 2 saturated carbocycles. The van der Waals surface area contributed by atoms with E-state index >= 15 is 0 Å². The number of rotatable bonds is 6. The second-order valence-electron chi connectivity index (χ2n) is 6.66. The predicted molar refractivity (Wildman–Crippen MR) is 83.1 cm³/mol. The number of nitrogens with one attached hydrogen (secondary N) is 1. The minimum Gasteiger partial charge on any atom is -0.314 e. The molecule has 0 spiro atoms. The first-order valence-electron chi connectivity index (χ1n) is 8.06. The Morgan fingerprint density at radius 3 is 2.55 bits per heavy atom. The van der Waals surface area contributed by atoms with Crippen LogP contribution >= 0.6 is 11.6 Å². The van der Waals surface area contributed by atoms with Gasteiger partial charge in [0.2, 0.25) is 0 Å². The fourth-order valence-electron chi connectivity index (χ4n) is 3.59. The number of aryl methyl sites for hydroxylation is 2. The molecule has 1 unspecified atom stereocenters. The van der Waals surface area contributed by atoms with Crippen LogP contribution in [0, 0.1) is 18.8 Å². The second kappa shape index (κ2) is 6.07. The highest BCUT2D eigenvalue weighted by molar-refractivity contribution is 6.31. The van der Waals surface area contributed by atoms with Gasteiger partial charge in [-0.25, -0.2) is 0 Å². The van der Waals surface area contributed by atoms with E-state index in [0.717, 1.165) is 35.6 Å². The molecule has 0 saturated heterocycles. The zero-order valence-electron chi connectivity index (χ0n) is 12.7. The van der Waals surface area contributed by atoms with Gasteiger partial charge in [0.05, 0.1) is 16.4 Å². The van der Waals surface area contributed by atoms with E-state index in [2.05, 4.69) is 10.4 Å². The van der Waals surface area contributed by atoms with Gasteiger partial charge < -0.3 is 5.32 Å². The minimum absolute atomic E-state index is 0.713. The van der Waals surface area contributed by atoms with Crippen molar-refractivity contribution in [3.63, 3.8) is 0 Å². The first-order valence-corrected chi connectivity index (χ1v) is 8.44. The average molecular weight is 296 g/mol. The smallest absolute Gasteiger partial charge is 0.0847 e. The van der Waals surface area contributed by atoms with Gasteiger partial charge in [0.25, 0.3) is 0 Å². The van der Waals surface area contributed by atoms with Gasteiger partial charge in [0.1, 0.15) is 0 Å². The van der Waals surface area contributed by atoms with Crippen LogP contribution < -0.4 is 5.32 Å². The lowest BCUT2D eigenvalue weighted by molar-refractivity contribution is 0.315. The molecule has 1 aromatic rings. The van der Waals surface area contributed by atoms with Gasteiger partial charge in [-0.2, -0.15) is 5.10 Å². The maximum Gasteiger partial charge on any atom is 0.0847 e. The quantitative estimate of drug-likeness (QED) is 0.871. The SMILES string of the molecule is Cc1nn(C)c(CC(CNC2CC2)C2CCCC2)c1Cl. The van der Waals surface area contributed by atoms with Gasteiger partial charge in [-0.1, -0.05) is 37.3 Å². The van der Waals surface area contributed by atoms with Gasteiger partial charge in [0, 0.05) is 13.1 Å². The van der Waals surface area contributed by atoms with Crippen molar-refractivity contribution in [1.82, 2.24) is 15.1 Å². The molecule has 3 nitrogen and oxygen atoms in total. The van der Waals surface area contributed by atoms with E-state index in [0.29, 0.717) is 5.92 Å². The van der Waals surface area contributed by atoms with Crippen molar-refractivity contribution in [3.05, 3.63) is 16.4 Å². The molecule has 1 aromatic heterocycles. The van der Waals surface area contributed by atoms with E-state index in [9.17, 15) is 0 Å². The third kappa shape index (κ3) is 3.20. The summed E-state index contributed by atoms with van der Waals surface area (Å²) in [4.78, 5) is 0. The molecule has 3 rings (SSSR count). The van der Waals surface area contributed by atoms with Crippen molar-refractivity contribution in [1.29, 1.82) is 0 Å². The highest BCUT2D eigenvalue weighted by Gasteiger charge is 2.29. The van der Waals surface area contributed by atoms with Gasteiger partial charge in [-0.15, -0.1) is 0 Å². The topological polar surface area (TPSA) is 29.9 Å². The minimum atomic E-state index is 0.713. The van der Waals surface area contributed by atoms with Crippen LogP contribution in [0.3, 0.4) is 0 Å². The van der Waals surface area contributed by atoms with Crippen LogP contribution in [0.1, 0.15) is 49.9 Å². The van der Waals surface area contributed by atoms with Crippen molar-refractivity contribution >= 4 is 11.6 Å². The lowest BCUT2D eigenvalue weighted by atomic mass is 9.86. The maximum absolute atomic E-state index is 6.44. The summed E-state index contributed by atoms with van der Waals surface area (Å²) in [5.74, 6) is 1.58. The third-order valence-corrected chi connectivity index (χ3v) is 5.52. The molecule has 112 valence electrons. The van der Waals surface area contributed by atoms with E-state index in [-0.39, 0.29) is 0 Å². The van der Waals surface area contributed by atoms with E-state index < -0.39 is 0 Å². The fourth-order valence-corrected chi connectivity index (χ4v) is 3.83. The second-order valence-corrected chi connectivity index (χ2v) is 7.04. The summed E-state index contributed by atoms with van der Waals surface area (Å²) in [6, 6.07) is 0.794. The van der Waals surface area contributed by atoms with E-state index in [4.69, 9.17) is 11.6 Å². The molecule has 0 aliphatic heterocycles. The molecule has 2 fully saturated rings. The largest absolute Gasteiger partial charge is 0.314 e. The van der Waals surface area contributed by atoms with Crippen LogP contribution in [-0.4, -0.2) is 22.4 Å². The summed E-state index contributed by atoms with van der Waals surface area (Å²) >= 11 is 6.44. The molecule has 20 heavy (non-hydrogen) atoms. The summed E-state index contributed by atoms with van der Waals surface area (Å²) in [6.45, 7) is 3.15. The Bertz CT molecular complexity index is 459. The Morgan fingerprint density at radius 1 is 1.30 bits per heavy atom. The first kappa shape index (κ1) is 14.4. The summed E-state index contributed by atoms with van der Waals surface area (Å²) in [5.41, 5.74) is 2.18. The predicted octanol–water partition coefficient (Wildman–Crippen LogP) is 3.48. The molecule has 1 N–H and O–H groups in total. The third-order valence-electron chi connectivity index (χ3n) is 5.03. The van der Waals surface area contributed by atoms with Gasteiger partial charge in [-0.3, -0.25) is 4.68 Å². The standard InChI is InChI=1S/C16H26ClN3/c1-11-16(17)15(20(2)19-11)9-13(10-18-14-7-8-14)12-5-3-4-6-12/h12-14,18H,3-10H2,1-2H3. The van der Waals surface area contributed by atoms with E-state index in [1.54, 1.807) is 0 Å². The molecule has 0 radical (unpaired) electrons. The first-order chi connectivity index (χ1) is 9.65. The zero-order valence-corrected chi connectivity index (χ0v) is 13.4. The van der Waals surface area contributed by atoms with Crippen LogP contribution in [0.2, 0.25) is 5.02 Å². The number of nitrogens with zero attached hydrogens (tertiary/aromatic N) is 2. The van der Waals surface area contributed by atoms with Crippen molar-refractivity contribution in [3.8, 4) is 0 Å². The lowest BCUT2D eigenvalue weighted by Gasteiger charge is -2.24. The Balaban J connectivity index is 1.70. The van der Waals surface area contributed by atoms with Crippen molar-refractivity contribution in [2.24, 2.45) is 18.9 Å². The fraction of sp³-hybridized carbons (Fsp3) is 0.812. The van der Waals surface area contributed by atoms with Crippen molar-refractivity contribution < 1.29 is 0 Å². The van der Waals surface area contributed by atoms with Crippen molar-refractivity contribution in [2.45, 2.75) is 57.9 Å². The zero-order chi connectivity index (χ0) is 14.1. The molecule has 1 heterocycles. The van der Waals surface area contributed by atoms with Crippen LogP contribution in [0.15, 0.2) is 0 Å². The normalized spacial score (nSPS) is 21.6. The van der Waals surface area contributed by atoms with Crippen molar-refractivity contribution in [2.75, 3.05) is 6.54 Å². The Hall–Kier alpha value is -0.540. The lowest BCUT2D eigenvalue weighted by Crippen LogP contribution is -2.30. The highest BCUT2D eigenvalue weighted by Crippen LogP contribution is 2.35. The maximum atomic E-state index is 6.44. The monoisotopic (exact) mass is 295 g/mol. The van der Waals surface area contributed by atoms with Crippen LogP contribution in [0.25, 0.3) is 0 Å². The molecule has 0 bridgehead atoms. The van der Waals surface area contributed by atoms with Gasteiger partial charge in [0.15, 0.2) is 0 Å². The number of aromatic nitrogens is 2. The van der Waals surface area contributed by atoms with E-state index in [1.807, 2.05) is 18.7 Å². The van der Waals surface area contributed by atoms with Gasteiger partial charge >= 0.3 is 0 Å². The Kier molecular flexibility index (Phi) is 4.37. The number of halogens is 1. The van der Waals surface area contributed by atoms with Crippen LogP contribution in [0.5, 0.6) is 0 Å². The molecule has 0 amide bonds. The molecule has 1 atom stereocenters. The molecule has 4 heteroatoms. The molecule has 2 aliphatic carbocycles.